The summed E-state index contributed by atoms with van der Waals surface area (Å²) in [6.07, 6.45) is 0.119. The standard InChI is InChI=1S/C10H13BrO2/c1-3-7-4-8(11)5-9(6(2)12)10(7)13/h4-6,12-13H,3H2,1-2H3. The number of halogens is 1. The molecule has 0 bridgehead atoms. The first kappa shape index (κ1) is 10.5. The second-order valence-corrected chi connectivity index (χ2v) is 3.95. The third kappa shape index (κ3) is 2.23. The van der Waals surface area contributed by atoms with Crippen molar-refractivity contribution in [1.82, 2.24) is 0 Å². The minimum absolute atomic E-state index is 0.209. The van der Waals surface area contributed by atoms with Crippen molar-refractivity contribution in [3.8, 4) is 5.75 Å². The van der Waals surface area contributed by atoms with Gasteiger partial charge >= 0.3 is 0 Å². The lowest BCUT2D eigenvalue weighted by molar-refractivity contribution is 0.194. The Labute approximate surface area is 86.3 Å². The second-order valence-electron chi connectivity index (χ2n) is 3.03. The molecule has 0 aliphatic heterocycles. The predicted molar refractivity (Wildman–Crippen MR) is 55.8 cm³/mol. The van der Waals surface area contributed by atoms with Crippen LogP contribution in [0.2, 0.25) is 0 Å². The fourth-order valence-electron chi connectivity index (χ4n) is 1.27. The highest BCUT2D eigenvalue weighted by atomic mass is 79.9. The van der Waals surface area contributed by atoms with Crippen molar-refractivity contribution < 1.29 is 10.2 Å². The van der Waals surface area contributed by atoms with E-state index in [4.69, 9.17) is 0 Å². The van der Waals surface area contributed by atoms with Crippen LogP contribution in [0.15, 0.2) is 16.6 Å². The van der Waals surface area contributed by atoms with E-state index in [0.717, 1.165) is 16.5 Å². The van der Waals surface area contributed by atoms with Crippen LogP contribution < -0.4 is 0 Å². The largest absolute Gasteiger partial charge is 0.507 e. The van der Waals surface area contributed by atoms with Crippen molar-refractivity contribution in [2.24, 2.45) is 0 Å². The van der Waals surface area contributed by atoms with Gasteiger partial charge in [0.1, 0.15) is 5.75 Å². The van der Waals surface area contributed by atoms with E-state index in [9.17, 15) is 10.2 Å². The quantitative estimate of drug-likeness (QED) is 0.841. The van der Waals surface area contributed by atoms with Gasteiger partial charge in [0.05, 0.1) is 6.10 Å². The molecule has 72 valence electrons. The van der Waals surface area contributed by atoms with E-state index in [1.54, 1.807) is 13.0 Å². The number of rotatable bonds is 2. The Balaban J connectivity index is 3.27. The second kappa shape index (κ2) is 4.11. The molecular weight excluding hydrogens is 232 g/mol. The van der Waals surface area contributed by atoms with Crippen LogP contribution in [-0.4, -0.2) is 10.2 Å². The lowest BCUT2D eigenvalue weighted by Gasteiger charge is -2.11. The van der Waals surface area contributed by atoms with Gasteiger partial charge in [0.2, 0.25) is 0 Å². The molecule has 3 heteroatoms. The van der Waals surface area contributed by atoms with Crippen LogP contribution in [0, 0.1) is 0 Å². The molecule has 2 nitrogen and oxygen atoms in total. The molecule has 0 saturated heterocycles. The minimum Gasteiger partial charge on any atom is -0.507 e. The van der Waals surface area contributed by atoms with Crippen molar-refractivity contribution in [2.75, 3.05) is 0 Å². The van der Waals surface area contributed by atoms with E-state index in [1.807, 2.05) is 13.0 Å². The molecule has 0 fully saturated rings. The third-order valence-electron chi connectivity index (χ3n) is 2.01. The van der Waals surface area contributed by atoms with Gasteiger partial charge in [-0.15, -0.1) is 0 Å². The third-order valence-corrected chi connectivity index (χ3v) is 2.47. The summed E-state index contributed by atoms with van der Waals surface area (Å²) in [6, 6.07) is 3.60. The lowest BCUT2D eigenvalue weighted by atomic mass is 10.0. The van der Waals surface area contributed by atoms with Crippen LogP contribution in [0.25, 0.3) is 0 Å². The van der Waals surface area contributed by atoms with Gasteiger partial charge in [-0.2, -0.15) is 0 Å². The molecule has 0 aliphatic rings. The van der Waals surface area contributed by atoms with Gasteiger partial charge in [-0.25, -0.2) is 0 Å². The molecule has 0 aromatic heterocycles. The molecule has 1 rings (SSSR count). The van der Waals surface area contributed by atoms with Crippen LogP contribution in [0.3, 0.4) is 0 Å². The molecule has 1 aromatic carbocycles. The zero-order valence-corrected chi connectivity index (χ0v) is 9.30. The number of aliphatic hydroxyl groups is 1. The first-order valence-electron chi connectivity index (χ1n) is 4.25. The van der Waals surface area contributed by atoms with Crippen LogP contribution in [0.5, 0.6) is 5.75 Å². The molecule has 1 atom stereocenters. The van der Waals surface area contributed by atoms with Crippen molar-refractivity contribution >= 4 is 15.9 Å². The van der Waals surface area contributed by atoms with Crippen molar-refractivity contribution in [3.05, 3.63) is 27.7 Å². The first-order valence-corrected chi connectivity index (χ1v) is 5.05. The molecule has 0 spiro atoms. The summed E-state index contributed by atoms with van der Waals surface area (Å²) in [4.78, 5) is 0. The number of aromatic hydroxyl groups is 1. The van der Waals surface area contributed by atoms with E-state index in [0.29, 0.717) is 5.56 Å². The highest BCUT2D eigenvalue weighted by Gasteiger charge is 2.11. The molecule has 1 unspecified atom stereocenters. The van der Waals surface area contributed by atoms with Gasteiger partial charge in [0.15, 0.2) is 0 Å². The molecule has 0 aliphatic carbocycles. The van der Waals surface area contributed by atoms with Crippen molar-refractivity contribution in [1.29, 1.82) is 0 Å². The SMILES string of the molecule is CCc1cc(Br)cc(C(C)O)c1O. The molecule has 1 aromatic rings. The average molecular weight is 245 g/mol. The fourth-order valence-corrected chi connectivity index (χ4v) is 1.79. The van der Waals surface area contributed by atoms with Crippen molar-refractivity contribution in [2.45, 2.75) is 26.4 Å². The van der Waals surface area contributed by atoms with Crippen LogP contribution in [0.4, 0.5) is 0 Å². The number of hydrogen-bond acceptors (Lipinski definition) is 2. The number of phenols is 1. The van der Waals surface area contributed by atoms with Gasteiger partial charge < -0.3 is 10.2 Å². The van der Waals surface area contributed by atoms with E-state index in [-0.39, 0.29) is 5.75 Å². The highest BCUT2D eigenvalue weighted by Crippen LogP contribution is 2.31. The maximum atomic E-state index is 9.70. The summed E-state index contributed by atoms with van der Waals surface area (Å²) in [5.74, 6) is 0.209. The number of hydrogen-bond donors (Lipinski definition) is 2. The van der Waals surface area contributed by atoms with Crippen molar-refractivity contribution in [3.63, 3.8) is 0 Å². The summed E-state index contributed by atoms with van der Waals surface area (Å²) in [7, 11) is 0. The first-order chi connectivity index (χ1) is 6.06. The zero-order valence-electron chi connectivity index (χ0n) is 7.71. The lowest BCUT2D eigenvalue weighted by Crippen LogP contribution is -1.95. The maximum Gasteiger partial charge on any atom is 0.124 e. The molecule has 13 heavy (non-hydrogen) atoms. The summed E-state index contributed by atoms with van der Waals surface area (Å²) < 4.78 is 0.887. The number of aryl methyl sites for hydroxylation is 1. The topological polar surface area (TPSA) is 40.5 Å². The molecular formula is C10H13BrO2. The number of benzene rings is 1. The van der Waals surface area contributed by atoms with Gasteiger partial charge in [-0.05, 0) is 31.0 Å². The summed E-state index contributed by atoms with van der Waals surface area (Å²) in [6.45, 7) is 3.61. The smallest absolute Gasteiger partial charge is 0.124 e. The Morgan fingerprint density at radius 3 is 2.54 bits per heavy atom. The molecule has 2 N–H and O–H groups in total. The van der Waals surface area contributed by atoms with E-state index in [2.05, 4.69) is 15.9 Å². The Bertz CT molecular complexity index is 308. The Morgan fingerprint density at radius 2 is 2.08 bits per heavy atom. The van der Waals surface area contributed by atoms with Crippen LogP contribution in [-0.2, 0) is 6.42 Å². The van der Waals surface area contributed by atoms with Gasteiger partial charge in [-0.3, -0.25) is 0 Å². The van der Waals surface area contributed by atoms with Gasteiger partial charge in [-0.1, -0.05) is 22.9 Å². The summed E-state index contributed by atoms with van der Waals surface area (Å²) in [5, 5.41) is 19.1. The summed E-state index contributed by atoms with van der Waals surface area (Å²) >= 11 is 3.33. The molecule has 0 saturated carbocycles. The molecule has 0 radical (unpaired) electrons. The Morgan fingerprint density at radius 1 is 1.46 bits per heavy atom. The van der Waals surface area contributed by atoms with E-state index < -0.39 is 6.10 Å². The summed E-state index contributed by atoms with van der Waals surface area (Å²) in [5.41, 5.74) is 1.43. The fraction of sp³-hybridized carbons (Fsp3) is 0.400. The van der Waals surface area contributed by atoms with Gasteiger partial charge in [0.25, 0.3) is 0 Å². The molecule has 0 amide bonds. The molecule has 0 heterocycles. The Hall–Kier alpha value is -0.540. The van der Waals surface area contributed by atoms with E-state index in [1.165, 1.54) is 0 Å². The maximum absolute atomic E-state index is 9.70. The van der Waals surface area contributed by atoms with Crippen LogP contribution >= 0.6 is 15.9 Å². The number of aliphatic hydroxyl groups excluding tert-OH is 1. The normalized spacial score (nSPS) is 12.9. The highest BCUT2D eigenvalue weighted by molar-refractivity contribution is 9.10. The minimum atomic E-state index is -0.636. The van der Waals surface area contributed by atoms with E-state index >= 15 is 0 Å². The zero-order chi connectivity index (χ0) is 10.0. The van der Waals surface area contributed by atoms with Crippen LogP contribution in [0.1, 0.15) is 31.1 Å². The monoisotopic (exact) mass is 244 g/mol. The van der Waals surface area contributed by atoms with Gasteiger partial charge in [0, 0.05) is 10.0 Å². The number of phenolic OH excluding ortho intramolecular Hbond substituents is 1. The predicted octanol–water partition coefficient (Wildman–Crippen LogP) is 2.77. The Kier molecular flexibility index (Phi) is 3.33. The average Bonchev–Trinajstić information content (AvgIpc) is 2.08.